The minimum absolute atomic E-state index is 0.0424. The molecule has 0 aliphatic carbocycles. The second-order valence-electron chi connectivity index (χ2n) is 6.07. The fourth-order valence-electron chi connectivity index (χ4n) is 2.67. The van der Waals surface area contributed by atoms with Gasteiger partial charge in [-0.1, -0.05) is 31.5 Å². The monoisotopic (exact) mass is 308 g/mol. The van der Waals surface area contributed by atoms with Crippen LogP contribution in [0.5, 0.6) is 11.5 Å². The molecule has 0 aliphatic rings. The van der Waals surface area contributed by atoms with E-state index < -0.39 is 0 Å². The van der Waals surface area contributed by atoms with Crippen LogP contribution in [0.1, 0.15) is 30.9 Å². The lowest BCUT2D eigenvalue weighted by Crippen LogP contribution is -1.97. The number of aryl methyl sites for hydroxylation is 1. The van der Waals surface area contributed by atoms with Crippen molar-refractivity contribution in [1.29, 1.82) is 0 Å². The lowest BCUT2D eigenvalue weighted by molar-refractivity contribution is 0.445. The second-order valence-corrected chi connectivity index (χ2v) is 6.07. The molecule has 1 aromatic heterocycles. The third-order valence-corrected chi connectivity index (χ3v) is 3.99. The van der Waals surface area contributed by atoms with Crippen molar-refractivity contribution in [1.82, 2.24) is 9.55 Å². The maximum atomic E-state index is 10.3. The number of aromatic nitrogens is 2. The molecule has 2 N–H and O–H groups in total. The summed E-state index contributed by atoms with van der Waals surface area (Å²) >= 11 is 0. The SMILES string of the molecule is Cc1ccc(-n2cncc2-c2cc(C(C)C)c(O)cc2O)cc1. The van der Waals surface area contributed by atoms with E-state index in [9.17, 15) is 10.2 Å². The highest BCUT2D eigenvalue weighted by Gasteiger charge is 2.16. The maximum absolute atomic E-state index is 10.3. The summed E-state index contributed by atoms with van der Waals surface area (Å²) in [7, 11) is 0. The Hall–Kier alpha value is -2.75. The zero-order chi connectivity index (χ0) is 16.6. The minimum Gasteiger partial charge on any atom is -0.508 e. The van der Waals surface area contributed by atoms with Gasteiger partial charge < -0.3 is 10.2 Å². The van der Waals surface area contributed by atoms with Crippen LogP contribution in [0.15, 0.2) is 48.9 Å². The second kappa shape index (κ2) is 5.80. The summed E-state index contributed by atoms with van der Waals surface area (Å²) in [6.45, 7) is 6.06. The van der Waals surface area contributed by atoms with Gasteiger partial charge in [-0.25, -0.2) is 4.98 Å². The van der Waals surface area contributed by atoms with Crippen LogP contribution in [0.25, 0.3) is 16.9 Å². The number of hydrogen-bond acceptors (Lipinski definition) is 3. The van der Waals surface area contributed by atoms with Crippen LogP contribution in [-0.2, 0) is 0 Å². The molecule has 0 saturated heterocycles. The molecule has 23 heavy (non-hydrogen) atoms. The number of aromatic hydroxyl groups is 2. The Morgan fingerprint density at radius 3 is 2.35 bits per heavy atom. The van der Waals surface area contributed by atoms with Gasteiger partial charge in [0, 0.05) is 17.3 Å². The molecule has 0 fully saturated rings. The van der Waals surface area contributed by atoms with Gasteiger partial charge in [0.25, 0.3) is 0 Å². The van der Waals surface area contributed by atoms with E-state index in [1.807, 2.05) is 55.7 Å². The van der Waals surface area contributed by atoms with Gasteiger partial charge in [-0.05, 0) is 36.6 Å². The van der Waals surface area contributed by atoms with Crippen molar-refractivity contribution in [3.8, 4) is 28.4 Å². The molecule has 3 aromatic rings. The molecule has 0 unspecified atom stereocenters. The third kappa shape index (κ3) is 2.80. The van der Waals surface area contributed by atoms with Gasteiger partial charge in [0.2, 0.25) is 0 Å². The van der Waals surface area contributed by atoms with Crippen molar-refractivity contribution in [3.63, 3.8) is 0 Å². The fourth-order valence-corrected chi connectivity index (χ4v) is 2.67. The molecular weight excluding hydrogens is 288 g/mol. The summed E-state index contributed by atoms with van der Waals surface area (Å²) in [5.41, 5.74) is 4.40. The number of rotatable bonds is 3. The van der Waals surface area contributed by atoms with Crippen molar-refractivity contribution in [2.75, 3.05) is 0 Å². The van der Waals surface area contributed by atoms with Crippen molar-refractivity contribution in [2.45, 2.75) is 26.7 Å². The first-order valence-corrected chi connectivity index (χ1v) is 7.63. The van der Waals surface area contributed by atoms with E-state index in [2.05, 4.69) is 4.98 Å². The van der Waals surface area contributed by atoms with Crippen LogP contribution in [0.4, 0.5) is 0 Å². The highest BCUT2D eigenvalue weighted by molar-refractivity contribution is 5.71. The normalized spacial score (nSPS) is 11.1. The lowest BCUT2D eigenvalue weighted by atomic mass is 9.97. The quantitative estimate of drug-likeness (QED) is 0.755. The van der Waals surface area contributed by atoms with E-state index in [0.717, 1.165) is 16.9 Å². The van der Waals surface area contributed by atoms with Crippen LogP contribution in [0.2, 0.25) is 0 Å². The molecule has 0 amide bonds. The summed E-state index contributed by atoms with van der Waals surface area (Å²) in [5, 5.41) is 20.3. The van der Waals surface area contributed by atoms with E-state index in [0.29, 0.717) is 5.56 Å². The number of nitrogens with zero attached hydrogens (tertiary/aromatic N) is 2. The summed E-state index contributed by atoms with van der Waals surface area (Å²) in [6.07, 6.45) is 3.44. The molecule has 2 aromatic carbocycles. The van der Waals surface area contributed by atoms with Gasteiger partial charge in [0.05, 0.1) is 18.2 Å². The van der Waals surface area contributed by atoms with Crippen LogP contribution < -0.4 is 0 Å². The Morgan fingerprint density at radius 1 is 1.00 bits per heavy atom. The van der Waals surface area contributed by atoms with Crippen LogP contribution >= 0.6 is 0 Å². The highest BCUT2D eigenvalue weighted by atomic mass is 16.3. The Bertz CT molecular complexity index is 833. The van der Waals surface area contributed by atoms with Crippen LogP contribution in [0.3, 0.4) is 0 Å². The van der Waals surface area contributed by atoms with E-state index in [1.165, 1.54) is 11.6 Å². The molecule has 0 aliphatic heterocycles. The Labute approximate surface area is 135 Å². The summed E-state index contributed by atoms with van der Waals surface area (Å²) < 4.78 is 1.93. The predicted molar refractivity (Wildman–Crippen MR) is 91.2 cm³/mol. The van der Waals surface area contributed by atoms with Gasteiger partial charge in [-0.3, -0.25) is 4.57 Å². The molecule has 118 valence electrons. The number of hydrogen-bond donors (Lipinski definition) is 2. The molecule has 0 saturated carbocycles. The molecular formula is C19H20N2O2. The molecule has 0 bridgehead atoms. The Morgan fingerprint density at radius 2 is 1.70 bits per heavy atom. The number of imidazole rings is 1. The van der Waals surface area contributed by atoms with E-state index >= 15 is 0 Å². The third-order valence-electron chi connectivity index (χ3n) is 3.99. The summed E-state index contributed by atoms with van der Waals surface area (Å²) in [6, 6.07) is 11.3. The van der Waals surface area contributed by atoms with E-state index in [-0.39, 0.29) is 17.4 Å². The summed E-state index contributed by atoms with van der Waals surface area (Å²) in [4.78, 5) is 4.22. The Balaban J connectivity index is 2.15. The smallest absolute Gasteiger partial charge is 0.128 e. The zero-order valence-corrected chi connectivity index (χ0v) is 13.5. The predicted octanol–water partition coefficient (Wildman–Crippen LogP) is 4.38. The molecule has 0 spiro atoms. The van der Waals surface area contributed by atoms with Crippen LogP contribution in [0, 0.1) is 6.92 Å². The van der Waals surface area contributed by atoms with E-state index in [4.69, 9.17) is 0 Å². The molecule has 0 atom stereocenters. The number of phenols is 2. The molecule has 3 rings (SSSR count). The molecule has 1 heterocycles. The number of benzene rings is 2. The van der Waals surface area contributed by atoms with Gasteiger partial charge in [-0.15, -0.1) is 0 Å². The zero-order valence-electron chi connectivity index (χ0n) is 13.5. The lowest BCUT2D eigenvalue weighted by Gasteiger charge is -2.14. The van der Waals surface area contributed by atoms with Crippen molar-refractivity contribution in [3.05, 3.63) is 60.0 Å². The molecule has 0 radical (unpaired) electrons. The minimum atomic E-state index is 0.0424. The average molecular weight is 308 g/mol. The Kier molecular flexibility index (Phi) is 3.82. The van der Waals surface area contributed by atoms with Gasteiger partial charge >= 0.3 is 0 Å². The van der Waals surface area contributed by atoms with E-state index in [1.54, 1.807) is 12.5 Å². The first kappa shape index (κ1) is 15.2. The fraction of sp³-hybridized carbons (Fsp3) is 0.211. The maximum Gasteiger partial charge on any atom is 0.128 e. The molecule has 4 heteroatoms. The first-order chi connectivity index (χ1) is 11.0. The largest absolute Gasteiger partial charge is 0.508 e. The average Bonchev–Trinajstić information content (AvgIpc) is 2.97. The van der Waals surface area contributed by atoms with Gasteiger partial charge in [0.1, 0.15) is 11.5 Å². The summed E-state index contributed by atoms with van der Waals surface area (Å²) in [5.74, 6) is 0.313. The number of phenolic OH excluding ortho intramolecular Hbond substituents is 2. The topological polar surface area (TPSA) is 58.3 Å². The van der Waals surface area contributed by atoms with Crippen LogP contribution in [-0.4, -0.2) is 19.8 Å². The first-order valence-electron chi connectivity index (χ1n) is 7.63. The van der Waals surface area contributed by atoms with Gasteiger partial charge in [-0.2, -0.15) is 0 Å². The highest BCUT2D eigenvalue weighted by Crippen LogP contribution is 2.38. The van der Waals surface area contributed by atoms with Crippen molar-refractivity contribution >= 4 is 0 Å². The van der Waals surface area contributed by atoms with Gasteiger partial charge in [0.15, 0.2) is 0 Å². The van der Waals surface area contributed by atoms with Crippen molar-refractivity contribution < 1.29 is 10.2 Å². The van der Waals surface area contributed by atoms with Crippen molar-refractivity contribution in [2.24, 2.45) is 0 Å². The standard InChI is InChI=1S/C19H20N2O2/c1-12(2)15-8-16(19(23)9-18(15)22)17-10-20-11-21(17)14-6-4-13(3)5-7-14/h4-12,22-23H,1-3H3. The molecule has 4 nitrogen and oxygen atoms in total.